The summed E-state index contributed by atoms with van der Waals surface area (Å²) < 4.78 is 4.90. The minimum Gasteiger partial charge on any atom is -0.508 e. The van der Waals surface area contributed by atoms with Crippen molar-refractivity contribution >= 4 is 5.97 Å². The van der Waals surface area contributed by atoms with Crippen LogP contribution in [0.25, 0.3) is 0 Å². The third kappa shape index (κ3) is 3.03. The maximum absolute atomic E-state index is 11.3. The van der Waals surface area contributed by atoms with Crippen LogP contribution in [0.15, 0.2) is 35.5 Å². The van der Waals surface area contributed by atoms with Crippen LogP contribution < -0.4 is 5.32 Å². The van der Waals surface area contributed by atoms with Crippen molar-refractivity contribution in [2.24, 2.45) is 0 Å². The molecule has 1 heterocycles. The molecule has 96 valence electrons. The molecule has 0 amide bonds. The smallest absolute Gasteiger partial charge is 0.335 e. The Labute approximate surface area is 106 Å². The number of carbonyl (C=O) groups is 1. The zero-order valence-electron chi connectivity index (χ0n) is 10.4. The van der Waals surface area contributed by atoms with Crippen LogP contribution in [-0.4, -0.2) is 24.2 Å². The molecule has 2 rings (SSSR count). The molecule has 0 aromatic heterocycles. The first-order valence-corrected chi connectivity index (χ1v) is 6.05. The molecule has 0 bridgehead atoms. The molecule has 0 saturated carbocycles. The Balaban J connectivity index is 1.85. The normalized spacial score (nSPS) is 17.5. The number of cyclic esters (lactones) is 1. The highest BCUT2D eigenvalue weighted by Crippen LogP contribution is 2.16. The van der Waals surface area contributed by atoms with Crippen LogP contribution in [0.2, 0.25) is 0 Å². The van der Waals surface area contributed by atoms with E-state index >= 15 is 0 Å². The van der Waals surface area contributed by atoms with Crippen molar-refractivity contribution in [3.8, 4) is 5.75 Å². The SMILES string of the molecule is C/C(NCCc1ccc(O)cc1)=C1/CCOC1=O. The second-order valence-corrected chi connectivity index (χ2v) is 4.33. The molecular weight excluding hydrogens is 230 g/mol. The molecule has 1 aliphatic heterocycles. The van der Waals surface area contributed by atoms with Crippen molar-refractivity contribution in [1.82, 2.24) is 5.32 Å². The van der Waals surface area contributed by atoms with Gasteiger partial charge in [0, 0.05) is 18.7 Å². The molecule has 0 aliphatic carbocycles. The van der Waals surface area contributed by atoms with Gasteiger partial charge in [0.05, 0.1) is 12.2 Å². The minimum atomic E-state index is -0.204. The van der Waals surface area contributed by atoms with Crippen LogP contribution in [0, 0.1) is 0 Å². The Morgan fingerprint density at radius 2 is 2.11 bits per heavy atom. The number of carbonyl (C=O) groups excluding carboxylic acids is 1. The number of ether oxygens (including phenoxy) is 1. The fraction of sp³-hybridized carbons (Fsp3) is 0.357. The lowest BCUT2D eigenvalue weighted by molar-refractivity contribution is -0.135. The second kappa shape index (κ2) is 5.58. The van der Waals surface area contributed by atoms with E-state index in [2.05, 4.69) is 5.32 Å². The van der Waals surface area contributed by atoms with Gasteiger partial charge >= 0.3 is 5.97 Å². The van der Waals surface area contributed by atoms with Gasteiger partial charge in [-0.25, -0.2) is 4.79 Å². The predicted molar refractivity (Wildman–Crippen MR) is 68.1 cm³/mol. The molecule has 0 atom stereocenters. The van der Waals surface area contributed by atoms with E-state index in [0.717, 1.165) is 29.8 Å². The molecule has 0 radical (unpaired) electrons. The average Bonchev–Trinajstić information content (AvgIpc) is 2.78. The number of allylic oxidation sites excluding steroid dienone is 1. The number of aromatic hydroxyl groups is 1. The quantitative estimate of drug-likeness (QED) is 0.628. The number of nitrogens with one attached hydrogen (secondary N) is 1. The van der Waals surface area contributed by atoms with E-state index in [1.54, 1.807) is 12.1 Å². The van der Waals surface area contributed by atoms with Crippen molar-refractivity contribution < 1.29 is 14.6 Å². The Bertz CT molecular complexity index is 462. The van der Waals surface area contributed by atoms with E-state index < -0.39 is 0 Å². The topological polar surface area (TPSA) is 58.6 Å². The summed E-state index contributed by atoms with van der Waals surface area (Å²) in [6, 6.07) is 7.14. The van der Waals surface area contributed by atoms with Gasteiger partial charge in [0.15, 0.2) is 0 Å². The first kappa shape index (κ1) is 12.5. The number of rotatable bonds is 4. The molecule has 0 unspecified atom stereocenters. The molecule has 1 aliphatic rings. The van der Waals surface area contributed by atoms with Crippen molar-refractivity contribution in [3.05, 3.63) is 41.1 Å². The maximum atomic E-state index is 11.3. The number of hydrogen-bond donors (Lipinski definition) is 2. The first-order chi connectivity index (χ1) is 8.66. The zero-order valence-corrected chi connectivity index (χ0v) is 10.4. The lowest BCUT2D eigenvalue weighted by Crippen LogP contribution is -2.17. The number of benzene rings is 1. The van der Waals surface area contributed by atoms with Gasteiger partial charge in [-0.1, -0.05) is 12.1 Å². The number of phenolic OH excluding ortho intramolecular Hbond substituents is 1. The van der Waals surface area contributed by atoms with E-state index in [1.807, 2.05) is 19.1 Å². The Morgan fingerprint density at radius 1 is 1.39 bits per heavy atom. The molecule has 1 fully saturated rings. The number of esters is 1. The highest BCUT2D eigenvalue weighted by atomic mass is 16.5. The van der Waals surface area contributed by atoms with Gasteiger partial charge in [0.25, 0.3) is 0 Å². The Morgan fingerprint density at radius 3 is 2.72 bits per heavy atom. The predicted octanol–water partition coefficient (Wildman–Crippen LogP) is 1.75. The van der Waals surface area contributed by atoms with Crippen LogP contribution in [-0.2, 0) is 16.0 Å². The van der Waals surface area contributed by atoms with Gasteiger partial charge in [-0.2, -0.15) is 0 Å². The van der Waals surface area contributed by atoms with E-state index in [-0.39, 0.29) is 11.7 Å². The minimum absolute atomic E-state index is 0.204. The molecule has 0 spiro atoms. The second-order valence-electron chi connectivity index (χ2n) is 4.33. The number of hydrogen-bond acceptors (Lipinski definition) is 4. The summed E-state index contributed by atoms with van der Waals surface area (Å²) in [6.07, 6.45) is 1.54. The summed E-state index contributed by atoms with van der Waals surface area (Å²) >= 11 is 0. The summed E-state index contributed by atoms with van der Waals surface area (Å²) in [5, 5.41) is 12.4. The molecule has 1 aromatic carbocycles. The average molecular weight is 247 g/mol. The standard InChI is InChI=1S/C14H17NO3/c1-10(13-7-9-18-14(13)17)15-8-6-11-2-4-12(16)5-3-11/h2-5,15-16H,6-9H2,1H3/b13-10+. The van der Waals surface area contributed by atoms with Crippen molar-refractivity contribution in [2.45, 2.75) is 19.8 Å². The van der Waals surface area contributed by atoms with E-state index in [1.165, 1.54) is 0 Å². The van der Waals surface area contributed by atoms with Crippen LogP contribution in [0.3, 0.4) is 0 Å². The maximum Gasteiger partial charge on any atom is 0.335 e. The summed E-state index contributed by atoms with van der Waals surface area (Å²) in [4.78, 5) is 11.3. The molecule has 4 heteroatoms. The zero-order chi connectivity index (χ0) is 13.0. The molecule has 1 aromatic rings. The summed E-state index contributed by atoms with van der Waals surface area (Å²) in [7, 11) is 0. The van der Waals surface area contributed by atoms with Gasteiger partial charge in [-0.3, -0.25) is 0 Å². The highest BCUT2D eigenvalue weighted by molar-refractivity contribution is 5.90. The number of phenols is 1. The van der Waals surface area contributed by atoms with Crippen LogP contribution >= 0.6 is 0 Å². The van der Waals surface area contributed by atoms with Gasteiger partial charge in [0.2, 0.25) is 0 Å². The van der Waals surface area contributed by atoms with Gasteiger partial charge in [-0.05, 0) is 31.0 Å². The first-order valence-electron chi connectivity index (χ1n) is 6.05. The molecule has 1 saturated heterocycles. The summed E-state index contributed by atoms with van der Waals surface area (Å²) in [5.41, 5.74) is 2.80. The summed E-state index contributed by atoms with van der Waals surface area (Å²) in [6.45, 7) is 3.15. The highest BCUT2D eigenvalue weighted by Gasteiger charge is 2.20. The Kier molecular flexibility index (Phi) is 3.87. The van der Waals surface area contributed by atoms with Crippen molar-refractivity contribution in [3.63, 3.8) is 0 Å². The van der Waals surface area contributed by atoms with Crippen LogP contribution in [0.1, 0.15) is 18.9 Å². The fourth-order valence-electron chi connectivity index (χ4n) is 1.94. The van der Waals surface area contributed by atoms with Crippen molar-refractivity contribution in [1.29, 1.82) is 0 Å². The third-order valence-corrected chi connectivity index (χ3v) is 3.02. The fourth-order valence-corrected chi connectivity index (χ4v) is 1.94. The van der Waals surface area contributed by atoms with Gasteiger partial charge < -0.3 is 15.2 Å². The molecule has 18 heavy (non-hydrogen) atoms. The lowest BCUT2D eigenvalue weighted by atomic mass is 10.1. The molecular formula is C14H17NO3. The van der Waals surface area contributed by atoms with E-state index in [0.29, 0.717) is 13.0 Å². The van der Waals surface area contributed by atoms with Crippen LogP contribution in [0.5, 0.6) is 5.75 Å². The Hall–Kier alpha value is -1.97. The van der Waals surface area contributed by atoms with E-state index in [9.17, 15) is 4.79 Å². The summed E-state index contributed by atoms with van der Waals surface area (Å²) in [5.74, 6) is 0.0725. The lowest BCUT2D eigenvalue weighted by Gasteiger charge is -2.08. The van der Waals surface area contributed by atoms with E-state index in [4.69, 9.17) is 9.84 Å². The monoisotopic (exact) mass is 247 g/mol. The third-order valence-electron chi connectivity index (χ3n) is 3.02. The largest absolute Gasteiger partial charge is 0.508 e. The van der Waals surface area contributed by atoms with Gasteiger partial charge in [-0.15, -0.1) is 0 Å². The van der Waals surface area contributed by atoms with Crippen LogP contribution in [0.4, 0.5) is 0 Å². The molecule has 4 nitrogen and oxygen atoms in total. The van der Waals surface area contributed by atoms with Crippen molar-refractivity contribution in [2.75, 3.05) is 13.2 Å². The molecule has 2 N–H and O–H groups in total. The van der Waals surface area contributed by atoms with Gasteiger partial charge in [0.1, 0.15) is 5.75 Å².